The predicted molar refractivity (Wildman–Crippen MR) is 134 cm³/mol. The van der Waals surface area contributed by atoms with E-state index in [-0.39, 0.29) is 18.5 Å². The summed E-state index contributed by atoms with van der Waals surface area (Å²) < 4.78 is 22.8. The number of fused-ring (bicyclic) bond motifs is 5. The van der Waals surface area contributed by atoms with Crippen molar-refractivity contribution in [1.82, 2.24) is 4.90 Å². The van der Waals surface area contributed by atoms with Gasteiger partial charge < -0.3 is 23.8 Å². The van der Waals surface area contributed by atoms with Crippen molar-refractivity contribution >= 4 is 11.9 Å². The Bertz CT molecular complexity index is 1320. The third kappa shape index (κ3) is 3.33. The molecular formula is C29H29NO6. The van der Waals surface area contributed by atoms with Crippen LogP contribution in [0, 0.1) is 0 Å². The van der Waals surface area contributed by atoms with Gasteiger partial charge in [0.25, 0.3) is 5.91 Å². The molecule has 7 nitrogen and oxygen atoms in total. The lowest BCUT2D eigenvalue weighted by Crippen LogP contribution is -2.54. The molecule has 1 aliphatic carbocycles. The number of methoxy groups -OCH3 is 3. The predicted octanol–water partition coefficient (Wildman–Crippen LogP) is 4.47. The Kier molecular flexibility index (Phi) is 6.08. The second-order valence-electron chi connectivity index (χ2n) is 8.95. The molecule has 0 saturated heterocycles. The van der Waals surface area contributed by atoms with Gasteiger partial charge in [0.1, 0.15) is 5.41 Å². The summed E-state index contributed by atoms with van der Waals surface area (Å²) in [6.45, 7) is 2.35. The van der Waals surface area contributed by atoms with E-state index in [0.717, 1.165) is 16.7 Å². The number of rotatable bonds is 7. The van der Waals surface area contributed by atoms with Gasteiger partial charge in [-0.15, -0.1) is 0 Å². The van der Waals surface area contributed by atoms with Crippen LogP contribution in [0.1, 0.15) is 45.6 Å². The van der Waals surface area contributed by atoms with E-state index in [4.69, 9.17) is 18.9 Å². The molecule has 3 aromatic rings. The number of benzene rings is 3. The molecule has 1 aliphatic heterocycles. The molecule has 3 aromatic carbocycles. The molecule has 0 aromatic heterocycles. The molecule has 0 N–H and O–H groups in total. The monoisotopic (exact) mass is 487 g/mol. The topological polar surface area (TPSA) is 74.3 Å². The molecule has 1 amide bonds. The largest absolute Gasteiger partial charge is 0.493 e. The van der Waals surface area contributed by atoms with Crippen LogP contribution in [0.15, 0.2) is 60.7 Å². The van der Waals surface area contributed by atoms with Crippen LogP contribution in [0.2, 0.25) is 0 Å². The van der Waals surface area contributed by atoms with Crippen molar-refractivity contribution in [2.75, 3.05) is 27.9 Å². The van der Waals surface area contributed by atoms with Gasteiger partial charge in [-0.1, -0.05) is 48.5 Å². The van der Waals surface area contributed by atoms with Gasteiger partial charge >= 0.3 is 5.97 Å². The van der Waals surface area contributed by atoms with E-state index >= 15 is 0 Å². The van der Waals surface area contributed by atoms with Gasteiger partial charge in [-0.05, 0) is 42.2 Å². The van der Waals surface area contributed by atoms with E-state index < -0.39 is 11.5 Å². The van der Waals surface area contributed by atoms with Crippen LogP contribution in [0.25, 0.3) is 0 Å². The molecule has 0 bridgehead atoms. The molecule has 5 rings (SSSR count). The Morgan fingerprint density at radius 2 is 1.67 bits per heavy atom. The highest BCUT2D eigenvalue weighted by atomic mass is 16.5. The number of hydrogen-bond acceptors (Lipinski definition) is 6. The number of ether oxygens (including phenoxy) is 4. The molecule has 1 heterocycles. The molecule has 2 atom stereocenters. The SMILES string of the molecule is CCOC(=O)[C@]12Cc3c(cc(OC)c(OC)c3OC)C1N(Cc1ccccc1)C(=O)c1ccccc12. The fourth-order valence-corrected chi connectivity index (χ4v) is 5.81. The minimum atomic E-state index is -1.15. The number of amides is 1. The van der Waals surface area contributed by atoms with Crippen LogP contribution in [0.3, 0.4) is 0 Å². The highest BCUT2D eigenvalue weighted by Crippen LogP contribution is 2.60. The molecule has 0 radical (unpaired) electrons. The molecule has 186 valence electrons. The van der Waals surface area contributed by atoms with Crippen molar-refractivity contribution in [3.05, 3.63) is 88.5 Å². The van der Waals surface area contributed by atoms with Gasteiger partial charge in [0.05, 0.1) is 34.0 Å². The number of carbonyl (C=O) groups is 2. The number of carbonyl (C=O) groups excluding carboxylic acids is 2. The lowest BCUT2D eigenvalue weighted by Gasteiger charge is -2.45. The fourth-order valence-electron chi connectivity index (χ4n) is 5.81. The van der Waals surface area contributed by atoms with Crippen LogP contribution < -0.4 is 14.2 Å². The van der Waals surface area contributed by atoms with Crippen LogP contribution in [0.5, 0.6) is 17.2 Å². The maximum absolute atomic E-state index is 14.0. The maximum atomic E-state index is 14.0. The molecule has 36 heavy (non-hydrogen) atoms. The molecule has 7 heteroatoms. The summed E-state index contributed by atoms with van der Waals surface area (Å²) in [5.41, 5.74) is 2.57. The minimum absolute atomic E-state index is 0.138. The molecular weight excluding hydrogens is 458 g/mol. The van der Waals surface area contributed by atoms with Crippen molar-refractivity contribution in [2.24, 2.45) is 0 Å². The molecule has 0 spiro atoms. The van der Waals surface area contributed by atoms with Gasteiger partial charge in [-0.3, -0.25) is 9.59 Å². The Morgan fingerprint density at radius 3 is 2.33 bits per heavy atom. The van der Waals surface area contributed by atoms with Crippen molar-refractivity contribution in [1.29, 1.82) is 0 Å². The summed E-state index contributed by atoms with van der Waals surface area (Å²) in [7, 11) is 4.67. The summed E-state index contributed by atoms with van der Waals surface area (Å²) in [4.78, 5) is 29.8. The van der Waals surface area contributed by atoms with E-state index in [2.05, 4.69) is 0 Å². The summed E-state index contributed by atoms with van der Waals surface area (Å²) in [5.74, 6) is 0.907. The standard InChI is InChI=1S/C29H29NO6/c1-5-36-28(32)29-16-21-20(15-23(33-2)25(35-4)24(21)34-3)26(29)30(17-18-11-7-6-8-12-18)27(31)19-13-9-10-14-22(19)29/h6-15,26H,5,16-17H2,1-4H3/t26?,29-/m0/s1. The first-order valence-corrected chi connectivity index (χ1v) is 11.9. The van der Waals surface area contributed by atoms with Crippen LogP contribution >= 0.6 is 0 Å². The van der Waals surface area contributed by atoms with Crippen molar-refractivity contribution < 1.29 is 28.5 Å². The van der Waals surface area contributed by atoms with Gasteiger partial charge in [-0.25, -0.2) is 0 Å². The first kappa shape index (κ1) is 23.7. The van der Waals surface area contributed by atoms with Crippen LogP contribution in [0.4, 0.5) is 0 Å². The minimum Gasteiger partial charge on any atom is -0.493 e. The zero-order valence-electron chi connectivity index (χ0n) is 20.9. The third-order valence-electron chi connectivity index (χ3n) is 7.23. The maximum Gasteiger partial charge on any atom is 0.319 e. The Hall–Kier alpha value is -4.00. The Balaban J connectivity index is 1.83. The van der Waals surface area contributed by atoms with E-state index in [1.807, 2.05) is 54.6 Å². The zero-order chi connectivity index (χ0) is 25.4. The molecule has 2 aliphatic rings. The number of esters is 1. The summed E-state index contributed by atoms with van der Waals surface area (Å²) in [6.07, 6.45) is 0.297. The average Bonchev–Trinajstić information content (AvgIpc) is 3.26. The average molecular weight is 488 g/mol. The Labute approximate surface area is 210 Å². The molecule has 0 fully saturated rings. The summed E-state index contributed by atoms with van der Waals surface area (Å²) >= 11 is 0. The number of nitrogens with zero attached hydrogens (tertiary/aromatic N) is 1. The highest BCUT2D eigenvalue weighted by Gasteiger charge is 2.62. The van der Waals surface area contributed by atoms with Crippen molar-refractivity contribution in [3.63, 3.8) is 0 Å². The smallest absolute Gasteiger partial charge is 0.319 e. The van der Waals surface area contributed by atoms with Gasteiger partial charge in [-0.2, -0.15) is 0 Å². The quantitative estimate of drug-likeness (QED) is 0.458. The lowest BCUT2D eigenvalue weighted by atomic mass is 9.69. The van der Waals surface area contributed by atoms with E-state index in [9.17, 15) is 9.59 Å². The zero-order valence-corrected chi connectivity index (χ0v) is 20.9. The number of hydrogen-bond donors (Lipinski definition) is 0. The van der Waals surface area contributed by atoms with E-state index in [1.165, 1.54) is 0 Å². The first-order valence-electron chi connectivity index (χ1n) is 11.9. The second-order valence-corrected chi connectivity index (χ2v) is 8.95. The molecule has 1 unspecified atom stereocenters. The van der Waals surface area contributed by atoms with Gasteiger partial charge in [0.15, 0.2) is 11.5 Å². The highest BCUT2D eigenvalue weighted by molar-refractivity contribution is 6.03. The third-order valence-corrected chi connectivity index (χ3v) is 7.23. The fraction of sp³-hybridized carbons (Fsp3) is 0.310. The van der Waals surface area contributed by atoms with E-state index in [1.54, 1.807) is 39.2 Å². The van der Waals surface area contributed by atoms with Crippen molar-refractivity contribution in [2.45, 2.75) is 31.3 Å². The van der Waals surface area contributed by atoms with Gasteiger partial charge in [0.2, 0.25) is 5.75 Å². The first-order chi connectivity index (χ1) is 17.5. The van der Waals surface area contributed by atoms with Crippen molar-refractivity contribution in [3.8, 4) is 17.2 Å². The Morgan fingerprint density at radius 1 is 0.972 bits per heavy atom. The normalized spacial score (nSPS) is 19.7. The molecule has 0 saturated carbocycles. The van der Waals surface area contributed by atoms with Crippen LogP contribution in [-0.4, -0.2) is 44.7 Å². The summed E-state index contributed by atoms with van der Waals surface area (Å²) in [6, 6.07) is 18.3. The second kappa shape index (κ2) is 9.22. The van der Waals surface area contributed by atoms with E-state index in [0.29, 0.717) is 41.3 Å². The summed E-state index contributed by atoms with van der Waals surface area (Å²) in [5, 5.41) is 0. The lowest BCUT2D eigenvalue weighted by molar-refractivity contribution is -0.153. The van der Waals surface area contributed by atoms with Crippen LogP contribution in [-0.2, 0) is 27.9 Å². The van der Waals surface area contributed by atoms with Gasteiger partial charge in [0, 0.05) is 17.7 Å².